The van der Waals surface area contributed by atoms with Crippen molar-refractivity contribution in [1.82, 2.24) is 10.3 Å². The molecular formula is C15H9ClF2N2O3S2. The van der Waals surface area contributed by atoms with Crippen molar-refractivity contribution in [1.29, 1.82) is 0 Å². The third kappa shape index (κ3) is 3.36. The lowest BCUT2D eigenvalue weighted by atomic mass is 10.2. The lowest BCUT2D eigenvalue weighted by Gasteiger charge is -2.09. The topological polar surface area (TPSA) is 75.3 Å². The molecule has 0 radical (unpaired) electrons. The van der Waals surface area contributed by atoms with Crippen LogP contribution in [0.25, 0.3) is 10.1 Å². The van der Waals surface area contributed by atoms with E-state index in [1.165, 1.54) is 0 Å². The maximum atomic E-state index is 13.6. The van der Waals surface area contributed by atoms with Crippen molar-refractivity contribution < 1.29 is 22.0 Å². The Kier molecular flexibility index (Phi) is 4.74. The molecule has 1 heterocycles. The molecule has 1 amide bonds. The number of hydrazine groups is 1. The van der Waals surface area contributed by atoms with Gasteiger partial charge in [-0.2, -0.15) is 0 Å². The summed E-state index contributed by atoms with van der Waals surface area (Å²) in [4.78, 5) is 12.7. The van der Waals surface area contributed by atoms with E-state index in [-0.39, 0.29) is 9.90 Å². The molecular weight excluding hydrogens is 394 g/mol. The molecule has 10 heteroatoms. The van der Waals surface area contributed by atoms with E-state index in [9.17, 15) is 22.0 Å². The smallest absolute Gasteiger partial charge is 0.273 e. The molecule has 25 heavy (non-hydrogen) atoms. The fourth-order valence-corrected chi connectivity index (χ4v) is 4.51. The summed E-state index contributed by atoms with van der Waals surface area (Å²) in [5.74, 6) is -3.39. The van der Waals surface area contributed by atoms with Crippen LogP contribution < -0.4 is 10.3 Å². The Morgan fingerprint density at radius 1 is 1.04 bits per heavy atom. The zero-order chi connectivity index (χ0) is 18.2. The van der Waals surface area contributed by atoms with Crippen LogP contribution in [-0.2, 0) is 10.0 Å². The lowest BCUT2D eigenvalue weighted by Crippen LogP contribution is -2.42. The lowest BCUT2D eigenvalue weighted by molar-refractivity contribution is 0.0949. The van der Waals surface area contributed by atoms with E-state index in [1.54, 1.807) is 29.1 Å². The fourth-order valence-electron chi connectivity index (χ4n) is 2.12. The van der Waals surface area contributed by atoms with Gasteiger partial charge in [-0.25, -0.2) is 17.2 Å². The average molecular weight is 403 g/mol. The second-order valence-electron chi connectivity index (χ2n) is 4.85. The molecule has 0 atom stereocenters. The van der Waals surface area contributed by atoms with E-state index in [4.69, 9.17) is 11.6 Å². The molecule has 1 aromatic heterocycles. The Balaban J connectivity index is 1.85. The number of nitrogens with one attached hydrogen (secondary N) is 2. The standard InChI is InChI=1S/C15H9ClF2N2O3S2/c16-12-8-4-1-2-7-11(8)24-13(12)15(21)19-20-25(22,23)14-9(17)5-3-6-10(14)18/h1-7,20H,(H,19,21). The van der Waals surface area contributed by atoms with E-state index < -0.39 is 32.5 Å². The number of carbonyl (C=O) groups is 1. The number of hydrogen-bond donors (Lipinski definition) is 2. The zero-order valence-electron chi connectivity index (χ0n) is 12.2. The van der Waals surface area contributed by atoms with Crippen LogP contribution in [0.5, 0.6) is 0 Å². The first-order valence-electron chi connectivity index (χ1n) is 6.74. The summed E-state index contributed by atoms with van der Waals surface area (Å²) in [6.45, 7) is 0. The van der Waals surface area contributed by atoms with Gasteiger partial charge in [-0.05, 0) is 18.2 Å². The number of sulfonamides is 1. The molecule has 0 aliphatic heterocycles. The van der Waals surface area contributed by atoms with Gasteiger partial charge in [0.05, 0.1) is 5.02 Å². The summed E-state index contributed by atoms with van der Waals surface area (Å²) in [5.41, 5.74) is 1.91. The Bertz CT molecular complexity index is 1060. The number of thiophene rings is 1. The highest BCUT2D eigenvalue weighted by Crippen LogP contribution is 2.34. The summed E-state index contributed by atoms with van der Waals surface area (Å²) >= 11 is 7.18. The first kappa shape index (κ1) is 17.7. The van der Waals surface area contributed by atoms with Crippen molar-refractivity contribution in [3.8, 4) is 0 Å². The summed E-state index contributed by atoms with van der Waals surface area (Å²) < 4.78 is 52.0. The highest BCUT2D eigenvalue weighted by molar-refractivity contribution is 7.89. The average Bonchev–Trinajstić information content (AvgIpc) is 2.90. The molecule has 0 fully saturated rings. The van der Waals surface area contributed by atoms with Crippen molar-refractivity contribution in [2.45, 2.75) is 4.90 Å². The Morgan fingerprint density at radius 3 is 2.32 bits per heavy atom. The monoisotopic (exact) mass is 402 g/mol. The predicted octanol–water partition coefficient (Wildman–Crippen LogP) is 3.46. The quantitative estimate of drug-likeness (QED) is 0.656. The minimum Gasteiger partial charge on any atom is -0.273 e. The van der Waals surface area contributed by atoms with Crippen molar-refractivity contribution in [2.24, 2.45) is 0 Å². The molecule has 3 rings (SSSR count). The fraction of sp³-hybridized carbons (Fsp3) is 0. The van der Waals surface area contributed by atoms with Crippen LogP contribution in [0.4, 0.5) is 8.78 Å². The molecule has 2 N–H and O–H groups in total. The zero-order valence-corrected chi connectivity index (χ0v) is 14.6. The summed E-state index contributed by atoms with van der Waals surface area (Å²) in [6.07, 6.45) is 0. The van der Waals surface area contributed by atoms with E-state index in [0.717, 1.165) is 34.2 Å². The van der Waals surface area contributed by atoms with Crippen molar-refractivity contribution in [3.63, 3.8) is 0 Å². The first-order valence-corrected chi connectivity index (χ1v) is 9.42. The van der Waals surface area contributed by atoms with E-state index in [0.29, 0.717) is 5.39 Å². The number of rotatable bonds is 4. The maximum absolute atomic E-state index is 13.6. The largest absolute Gasteiger partial charge is 0.277 e. The molecule has 0 bridgehead atoms. The van der Waals surface area contributed by atoms with Gasteiger partial charge in [-0.3, -0.25) is 10.2 Å². The summed E-state index contributed by atoms with van der Waals surface area (Å²) in [6, 6.07) is 9.59. The molecule has 0 saturated carbocycles. The number of amides is 1. The maximum Gasteiger partial charge on any atom is 0.277 e. The molecule has 0 aliphatic carbocycles. The Morgan fingerprint density at radius 2 is 1.68 bits per heavy atom. The Labute approximate surface area is 150 Å². The van der Waals surface area contributed by atoms with E-state index >= 15 is 0 Å². The molecule has 2 aromatic carbocycles. The number of hydrogen-bond acceptors (Lipinski definition) is 4. The van der Waals surface area contributed by atoms with Gasteiger partial charge in [0.2, 0.25) is 0 Å². The van der Waals surface area contributed by atoms with Crippen LogP contribution in [0.3, 0.4) is 0 Å². The molecule has 0 spiro atoms. The van der Waals surface area contributed by atoms with Gasteiger partial charge in [0.25, 0.3) is 15.9 Å². The molecule has 0 aliphatic rings. The molecule has 130 valence electrons. The van der Waals surface area contributed by atoms with Crippen molar-refractivity contribution in [2.75, 3.05) is 0 Å². The molecule has 5 nitrogen and oxygen atoms in total. The van der Waals surface area contributed by atoms with Crippen LogP contribution in [-0.4, -0.2) is 14.3 Å². The highest BCUT2D eigenvalue weighted by atomic mass is 35.5. The van der Waals surface area contributed by atoms with Crippen molar-refractivity contribution >= 4 is 49.0 Å². The third-order valence-electron chi connectivity index (χ3n) is 3.23. The van der Waals surface area contributed by atoms with Gasteiger partial charge < -0.3 is 0 Å². The van der Waals surface area contributed by atoms with Gasteiger partial charge in [-0.1, -0.05) is 35.9 Å². The van der Waals surface area contributed by atoms with Crippen molar-refractivity contribution in [3.05, 3.63) is 64.0 Å². The minimum absolute atomic E-state index is 0.0690. The summed E-state index contributed by atoms with van der Waals surface area (Å²) in [5, 5.41) is 0.802. The third-order valence-corrected chi connectivity index (χ3v) is 6.20. The van der Waals surface area contributed by atoms with E-state index in [1.807, 2.05) is 5.43 Å². The van der Waals surface area contributed by atoms with Crippen LogP contribution in [0.1, 0.15) is 9.67 Å². The SMILES string of the molecule is O=C(NNS(=O)(=O)c1c(F)cccc1F)c1sc2ccccc2c1Cl. The number of benzene rings is 2. The van der Waals surface area contributed by atoms with Crippen LogP contribution in [0.2, 0.25) is 5.02 Å². The summed E-state index contributed by atoms with van der Waals surface area (Å²) in [7, 11) is -4.64. The van der Waals surface area contributed by atoms with Gasteiger partial charge in [0.1, 0.15) is 16.5 Å². The molecule has 0 unspecified atom stereocenters. The number of halogens is 3. The Hall–Kier alpha value is -2.07. The van der Waals surface area contributed by atoms with Gasteiger partial charge in [0, 0.05) is 10.1 Å². The molecule has 0 saturated heterocycles. The number of carbonyl (C=O) groups excluding carboxylic acids is 1. The van der Waals surface area contributed by atoms with Crippen LogP contribution in [0.15, 0.2) is 47.4 Å². The second kappa shape index (κ2) is 6.68. The van der Waals surface area contributed by atoms with Gasteiger partial charge >= 0.3 is 0 Å². The minimum atomic E-state index is -4.64. The van der Waals surface area contributed by atoms with Gasteiger partial charge in [0.15, 0.2) is 4.90 Å². The van der Waals surface area contributed by atoms with Gasteiger partial charge in [-0.15, -0.1) is 16.2 Å². The molecule has 3 aromatic rings. The van der Waals surface area contributed by atoms with Crippen LogP contribution in [0, 0.1) is 11.6 Å². The normalized spacial score (nSPS) is 11.6. The predicted molar refractivity (Wildman–Crippen MR) is 91.0 cm³/mol. The van der Waals surface area contributed by atoms with E-state index in [2.05, 4.69) is 0 Å². The highest BCUT2D eigenvalue weighted by Gasteiger charge is 2.25. The van der Waals surface area contributed by atoms with Crippen LogP contribution >= 0.6 is 22.9 Å². The number of fused-ring (bicyclic) bond motifs is 1. The second-order valence-corrected chi connectivity index (χ2v) is 7.90. The first-order chi connectivity index (χ1) is 11.8.